The lowest BCUT2D eigenvalue weighted by Crippen LogP contribution is -2.41. The molecular weight excluding hydrogens is 1810 g/mol. The Labute approximate surface area is 798 Å². The summed E-state index contributed by atoms with van der Waals surface area (Å²) in [6, 6.07) is 21.7. The number of carbonyl (C=O) groups excluding carboxylic acids is 9. The number of aliphatic hydroxyl groups is 1. The molecular formula is C94H121Cl2N13O27. The molecule has 6 heterocycles. The SMILES string of the molecule is CC(=O)OCc1nc(-c2cnn(C)c2CO)ccc1O[C@H]1CCC[C@H](C(=O)OC(C)C)C1.CC(=O)OCc1nc(-c2cnn(C)c2COC(=O)N(C)C2CCC2)ccc1O[C@@H]1CCC[C@@H](C(=O)OC(C)C)C1.CC(=O)OCc1nc(-c2cnn(C)c2COC(=O)Oc2ccc([N+](=O)[O-])cc2)ccc1O[C@H]1CCC[C@H](C(=O)OC(C)C)C1.CNC1CCC1.Cl.O=C(Cl)Oc1ccc([N+](=O)[O-])cc1. The lowest BCUT2D eigenvalue weighted by Gasteiger charge is -2.33. The number of aryl methyl sites for hydroxylation is 3. The minimum absolute atomic E-state index is 0. The van der Waals surface area contributed by atoms with Crippen LogP contribution in [-0.4, -0.2) is 180 Å². The Hall–Kier alpha value is -13.0. The van der Waals surface area contributed by atoms with Crippen molar-refractivity contribution >= 4 is 88.9 Å². The molecule has 0 unspecified atom stereocenters. The van der Waals surface area contributed by atoms with E-state index in [-0.39, 0.29) is 159 Å². The molecule has 0 radical (unpaired) electrons. The van der Waals surface area contributed by atoms with Crippen molar-refractivity contribution in [2.75, 3.05) is 14.1 Å². The molecule has 2 aromatic carbocycles. The minimum atomic E-state index is -1.01. The largest absolute Gasteiger partial charge is 0.514 e. The van der Waals surface area contributed by atoms with Crippen LogP contribution in [0.15, 0.2) is 104 Å². The standard InChI is InChI=1S/C30H34N4O10.C29H40N4O7.C23H31N3O6.C7H4ClNO4.C5H11N.ClH/c1-18(2)42-29(36)20-6-5-7-23(14-20)43-28-13-12-25(32-26(28)16-40-19(3)35)24-15-31-33(4)27(24)17-41-30(37)44-22-10-8-21(9-11-22)34(38)39;1-18(2)39-28(35)20-8-6-11-22(14-20)40-27-13-12-24(31-25(27)16-37-19(3)34)23-15-30-33(5)26(23)17-38-29(36)32(4)21-9-7-10-21;1-14(2)31-23(29)16-6-5-7-17(10-16)32-22-9-8-19(25-20(22)13-30-15(3)28)18-11-24-26(4)21(18)12-27;8-7(10)13-6-3-1-5(2-4-6)9(11)12;1-6-5-3-2-4-5;/h8-13,15,18,20,23H,5-7,14,16-17H2,1-4H3;12-13,15,18,20-22H,6-11,14,16-17H2,1-5H3;8-9,11,14,16-17,27H,5-7,10,12-13H2,1-4H3;1-4H;5-6H,2-4H2,1H3;1H/t20-,23-;20-,22-;16-,17-;;;/m010.../s1. The number of hydrogen-bond acceptors (Lipinski definition) is 34. The summed E-state index contributed by atoms with van der Waals surface area (Å²) in [5.74, 6) is -0.941. The molecule has 0 saturated heterocycles. The number of esters is 6. The number of rotatable bonds is 32. The van der Waals surface area contributed by atoms with Gasteiger partial charge in [0.1, 0.15) is 78.9 Å². The van der Waals surface area contributed by atoms with Crippen molar-refractivity contribution in [3.05, 3.63) is 158 Å². The van der Waals surface area contributed by atoms with Crippen molar-refractivity contribution < 1.29 is 120 Å². The first-order valence-corrected chi connectivity index (χ1v) is 45.2. The van der Waals surface area contributed by atoms with Crippen LogP contribution in [0.1, 0.15) is 212 Å². The molecule has 5 saturated carbocycles. The van der Waals surface area contributed by atoms with Gasteiger partial charge >= 0.3 is 53.5 Å². The van der Waals surface area contributed by atoms with Crippen molar-refractivity contribution in [2.24, 2.45) is 38.9 Å². The van der Waals surface area contributed by atoms with Crippen LogP contribution in [0.25, 0.3) is 33.8 Å². The lowest BCUT2D eigenvalue weighted by molar-refractivity contribution is -0.385. The van der Waals surface area contributed by atoms with E-state index in [1.165, 1.54) is 93.2 Å². The minimum Gasteiger partial charge on any atom is -0.488 e. The van der Waals surface area contributed by atoms with Crippen LogP contribution in [0.2, 0.25) is 0 Å². The number of ether oxygens (including phenoxy) is 13. The second-order valence-electron chi connectivity index (χ2n) is 33.7. The van der Waals surface area contributed by atoms with Crippen molar-refractivity contribution in [1.29, 1.82) is 0 Å². The molecule has 6 aromatic heterocycles. The number of nitrogens with zero attached hydrogens (tertiary/aromatic N) is 12. The molecule has 40 nitrogen and oxygen atoms in total. The molecule has 738 valence electrons. The zero-order chi connectivity index (χ0) is 98.1. The third kappa shape index (κ3) is 33.5. The van der Waals surface area contributed by atoms with E-state index in [1.807, 2.05) is 54.7 Å². The second kappa shape index (κ2) is 53.4. The van der Waals surface area contributed by atoms with Gasteiger partial charge in [-0.25, -0.2) is 29.3 Å². The summed E-state index contributed by atoms with van der Waals surface area (Å²) in [4.78, 5) is 143. The number of benzene rings is 2. The molecule has 2 N–H and O–H groups in total. The molecule has 0 aliphatic heterocycles. The zero-order valence-electron chi connectivity index (χ0n) is 78.9. The molecule has 42 heteroatoms. The normalized spacial score (nSPS) is 17.1. The van der Waals surface area contributed by atoms with Gasteiger partial charge in [-0.05, 0) is 218 Å². The highest BCUT2D eigenvalue weighted by Crippen LogP contribution is 2.38. The van der Waals surface area contributed by atoms with Crippen LogP contribution in [0.3, 0.4) is 0 Å². The molecule has 5 aliphatic carbocycles. The van der Waals surface area contributed by atoms with Gasteiger partial charge in [-0.2, -0.15) is 15.3 Å². The Bertz CT molecular complexity index is 5350. The maximum atomic E-state index is 12.6. The Morgan fingerprint density at radius 2 is 0.794 bits per heavy atom. The molecule has 6 atom stereocenters. The third-order valence-corrected chi connectivity index (χ3v) is 22.7. The number of non-ortho nitro benzene ring substituents is 2. The number of nitro groups is 2. The summed E-state index contributed by atoms with van der Waals surface area (Å²) in [7, 11) is 8.99. The van der Waals surface area contributed by atoms with E-state index in [0.29, 0.717) is 104 Å². The molecule has 13 rings (SSSR count). The summed E-state index contributed by atoms with van der Waals surface area (Å²) in [6.07, 6.45) is 18.5. The number of aromatic nitrogens is 9. The summed E-state index contributed by atoms with van der Waals surface area (Å²) in [5.41, 5.74) is 5.53. The number of nitrogens with one attached hydrogen (secondary N) is 1. The average molecular weight is 1940 g/mol. The maximum absolute atomic E-state index is 12.6. The maximum Gasteiger partial charge on any atom is 0.514 e. The lowest BCUT2D eigenvalue weighted by atomic mass is 9.87. The van der Waals surface area contributed by atoms with E-state index < -0.39 is 39.3 Å². The molecule has 8 aromatic rings. The fourth-order valence-corrected chi connectivity index (χ4v) is 15.1. The van der Waals surface area contributed by atoms with E-state index in [2.05, 4.69) is 30.3 Å². The van der Waals surface area contributed by atoms with Crippen LogP contribution >= 0.6 is 24.0 Å². The van der Waals surface area contributed by atoms with Gasteiger partial charge in [0.25, 0.3) is 11.4 Å². The Morgan fingerprint density at radius 3 is 1.09 bits per heavy atom. The molecule has 5 fully saturated rings. The first-order chi connectivity index (χ1) is 64.4. The third-order valence-electron chi connectivity index (χ3n) is 22.6. The van der Waals surface area contributed by atoms with E-state index in [1.54, 1.807) is 91.4 Å². The van der Waals surface area contributed by atoms with E-state index in [0.717, 1.165) is 83.1 Å². The van der Waals surface area contributed by atoms with Gasteiger partial charge in [-0.3, -0.25) is 63.0 Å². The van der Waals surface area contributed by atoms with Crippen LogP contribution < -0.4 is 29.0 Å². The summed E-state index contributed by atoms with van der Waals surface area (Å²) in [5, 5.41) is 46.7. The predicted octanol–water partition coefficient (Wildman–Crippen LogP) is 16.1. The number of pyridine rings is 3. The average Bonchev–Trinajstić information content (AvgIpc) is 1.68. The van der Waals surface area contributed by atoms with Gasteiger partial charge in [-0.1, -0.05) is 6.42 Å². The molecule has 0 bridgehead atoms. The number of nitro benzene ring substituents is 2. The highest BCUT2D eigenvalue weighted by molar-refractivity contribution is 6.61. The number of aliphatic hydroxyl groups excluding tert-OH is 1. The zero-order valence-corrected chi connectivity index (χ0v) is 80.4. The Balaban J connectivity index is 0.000000228. The van der Waals surface area contributed by atoms with Crippen LogP contribution in [0.4, 0.5) is 25.8 Å². The van der Waals surface area contributed by atoms with Crippen molar-refractivity contribution in [3.8, 4) is 62.5 Å². The summed E-state index contributed by atoms with van der Waals surface area (Å²) < 4.78 is 75.9. The number of hydrogen-bond donors (Lipinski definition) is 2. The summed E-state index contributed by atoms with van der Waals surface area (Å²) >= 11 is 4.92. The molecule has 0 spiro atoms. The van der Waals surface area contributed by atoms with Gasteiger partial charge in [0.2, 0.25) is 0 Å². The quantitative estimate of drug-likeness (QED) is 0.00987. The van der Waals surface area contributed by atoms with Crippen LogP contribution in [-0.2, 0) is 127 Å². The second-order valence-corrected chi connectivity index (χ2v) is 34.0. The first kappa shape index (κ1) is 108. The number of halogens is 2. The van der Waals surface area contributed by atoms with E-state index >= 15 is 0 Å². The van der Waals surface area contributed by atoms with Crippen molar-refractivity contribution in [3.63, 3.8) is 0 Å². The van der Waals surface area contributed by atoms with Gasteiger partial charge in [-0.15, -0.1) is 12.4 Å². The van der Waals surface area contributed by atoms with Crippen LogP contribution in [0, 0.1) is 38.0 Å². The smallest absolute Gasteiger partial charge is 0.488 e. The van der Waals surface area contributed by atoms with Crippen molar-refractivity contribution in [1.82, 2.24) is 54.5 Å². The summed E-state index contributed by atoms with van der Waals surface area (Å²) in [6.45, 7) is 14.4. The van der Waals surface area contributed by atoms with E-state index in [9.17, 15) is 68.5 Å². The van der Waals surface area contributed by atoms with E-state index in [4.69, 9.17) is 78.4 Å². The van der Waals surface area contributed by atoms with Gasteiger partial charge in [0, 0.05) is 114 Å². The monoisotopic (exact) mass is 1930 g/mol. The molecule has 1 amide bonds. The van der Waals surface area contributed by atoms with Gasteiger partial charge in [0.15, 0.2) is 0 Å². The fraction of sp³-hybridized carbons (Fsp3) is 0.521. The highest BCUT2D eigenvalue weighted by Gasteiger charge is 2.36. The fourth-order valence-electron chi connectivity index (χ4n) is 15.0. The Kier molecular flexibility index (Phi) is 42.5. The molecule has 136 heavy (non-hydrogen) atoms. The first-order valence-electron chi connectivity index (χ1n) is 44.9. The molecule has 5 aliphatic rings. The Morgan fingerprint density at radius 1 is 0.463 bits per heavy atom. The number of amides is 1. The highest BCUT2D eigenvalue weighted by atomic mass is 35.5. The van der Waals surface area contributed by atoms with Crippen LogP contribution in [0.5, 0.6) is 28.7 Å². The van der Waals surface area contributed by atoms with Gasteiger partial charge < -0.3 is 76.9 Å². The predicted molar refractivity (Wildman–Crippen MR) is 493 cm³/mol. The van der Waals surface area contributed by atoms with Gasteiger partial charge in [0.05, 0.1) is 124 Å². The van der Waals surface area contributed by atoms with Crippen molar-refractivity contribution in [2.45, 2.75) is 266 Å². The number of carbonyl (C=O) groups is 9. The topological polar surface area (TPSA) is 488 Å².